The van der Waals surface area contributed by atoms with Crippen LogP contribution in [0.1, 0.15) is 12.2 Å². The fourth-order valence-corrected chi connectivity index (χ4v) is 2.01. The highest BCUT2D eigenvalue weighted by Crippen LogP contribution is 2.12. The van der Waals surface area contributed by atoms with Crippen LogP contribution in [0.25, 0.3) is 5.78 Å². The van der Waals surface area contributed by atoms with Crippen molar-refractivity contribution in [3.05, 3.63) is 24.3 Å². The summed E-state index contributed by atoms with van der Waals surface area (Å²) in [5.74, 6) is 2.28. The van der Waals surface area contributed by atoms with E-state index in [0.717, 1.165) is 25.3 Å². The number of fused-ring (bicyclic) bond motifs is 1. The highest BCUT2D eigenvalue weighted by Gasteiger charge is 2.17. The smallest absolute Gasteiger partial charge is 0.252 e. The van der Waals surface area contributed by atoms with E-state index in [9.17, 15) is 0 Å². The Morgan fingerprint density at radius 2 is 2.53 bits per heavy atom. The minimum Gasteiger partial charge on any atom is -0.316 e. The predicted molar refractivity (Wildman–Crippen MR) is 55.5 cm³/mol. The topological polar surface area (TPSA) is 55.1 Å². The van der Waals surface area contributed by atoms with E-state index in [-0.39, 0.29) is 0 Å². The van der Waals surface area contributed by atoms with Gasteiger partial charge in [0.05, 0.1) is 0 Å². The first-order valence-corrected chi connectivity index (χ1v) is 5.29. The van der Waals surface area contributed by atoms with Crippen molar-refractivity contribution in [1.82, 2.24) is 24.9 Å². The molecule has 0 aliphatic carbocycles. The number of nitrogens with one attached hydrogen (secondary N) is 1. The Balaban J connectivity index is 1.84. The normalized spacial score (nSPS) is 21.2. The molecule has 0 radical (unpaired) electrons. The van der Waals surface area contributed by atoms with Gasteiger partial charge in [-0.15, -0.1) is 5.10 Å². The summed E-state index contributed by atoms with van der Waals surface area (Å²) in [4.78, 5) is 8.54. The molecule has 1 aliphatic rings. The van der Waals surface area contributed by atoms with Crippen LogP contribution in [0.2, 0.25) is 0 Å². The summed E-state index contributed by atoms with van der Waals surface area (Å²) in [6.45, 7) is 2.21. The second kappa shape index (κ2) is 3.58. The summed E-state index contributed by atoms with van der Waals surface area (Å²) in [6.07, 6.45) is 5.80. The lowest BCUT2D eigenvalue weighted by Crippen LogP contribution is -2.11. The van der Waals surface area contributed by atoms with Gasteiger partial charge in [0.15, 0.2) is 5.82 Å². The van der Waals surface area contributed by atoms with Gasteiger partial charge in [-0.2, -0.15) is 4.98 Å². The molecule has 5 heteroatoms. The Morgan fingerprint density at radius 1 is 1.53 bits per heavy atom. The molecule has 2 aromatic rings. The van der Waals surface area contributed by atoms with Gasteiger partial charge in [0.2, 0.25) is 0 Å². The quantitative estimate of drug-likeness (QED) is 0.761. The zero-order valence-electron chi connectivity index (χ0n) is 8.43. The minimum absolute atomic E-state index is 0.683. The van der Waals surface area contributed by atoms with Gasteiger partial charge < -0.3 is 5.32 Å². The predicted octanol–water partition coefficient (Wildman–Crippen LogP) is 0.276. The van der Waals surface area contributed by atoms with Crippen LogP contribution in [0, 0.1) is 5.92 Å². The van der Waals surface area contributed by atoms with Crippen LogP contribution in [0.3, 0.4) is 0 Å². The Kier molecular flexibility index (Phi) is 2.10. The SMILES string of the molecule is c1cnc2nc(CC3CCNC3)nn2c1. The van der Waals surface area contributed by atoms with Crippen LogP contribution >= 0.6 is 0 Å². The molecule has 0 amide bonds. The highest BCUT2D eigenvalue weighted by molar-refractivity contribution is 5.24. The lowest BCUT2D eigenvalue weighted by molar-refractivity contribution is 0.561. The fraction of sp³-hybridized carbons (Fsp3) is 0.500. The third kappa shape index (κ3) is 1.70. The molecule has 1 N–H and O–H groups in total. The first kappa shape index (κ1) is 8.79. The van der Waals surface area contributed by atoms with Gasteiger partial charge in [0, 0.05) is 18.8 Å². The molecule has 0 aromatic carbocycles. The molecule has 2 aromatic heterocycles. The molecule has 1 atom stereocenters. The van der Waals surface area contributed by atoms with Crippen LogP contribution in [-0.4, -0.2) is 32.7 Å². The Morgan fingerprint density at radius 3 is 3.33 bits per heavy atom. The molecule has 1 aliphatic heterocycles. The van der Waals surface area contributed by atoms with Gasteiger partial charge in [-0.05, 0) is 31.5 Å². The monoisotopic (exact) mass is 203 g/mol. The lowest BCUT2D eigenvalue weighted by Gasteiger charge is -2.02. The molecule has 1 saturated heterocycles. The molecule has 78 valence electrons. The molecular weight excluding hydrogens is 190 g/mol. The molecule has 3 rings (SSSR count). The van der Waals surface area contributed by atoms with Gasteiger partial charge in [-0.25, -0.2) is 9.50 Å². The number of aromatic nitrogens is 4. The van der Waals surface area contributed by atoms with Gasteiger partial charge in [0.1, 0.15) is 0 Å². The van der Waals surface area contributed by atoms with Crippen LogP contribution in [0.4, 0.5) is 0 Å². The van der Waals surface area contributed by atoms with Crippen molar-refractivity contribution in [3.63, 3.8) is 0 Å². The summed E-state index contributed by atoms with van der Waals surface area (Å²) in [5, 5.41) is 7.74. The van der Waals surface area contributed by atoms with E-state index >= 15 is 0 Å². The molecule has 3 heterocycles. The van der Waals surface area contributed by atoms with E-state index in [1.807, 2.05) is 12.3 Å². The van der Waals surface area contributed by atoms with E-state index in [0.29, 0.717) is 11.7 Å². The van der Waals surface area contributed by atoms with Gasteiger partial charge in [-0.3, -0.25) is 0 Å². The van der Waals surface area contributed by atoms with Gasteiger partial charge in [-0.1, -0.05) is 0 Å². The number of nitrogens with zero attached hydrogens (tertiary/aromatic N) is 4. The second-order valence-corrected chi connectivity index (χ2v) is 3.96. The van der Waals surface area contributed by atoms with Crippen LogP contribution in [0.5, 0.6) is 0 Å². The number of rotatable bonds is 2. The molecule has 0 bridgehead atoms. The zero-order chi connectivity index (χ0) is 10.1. The molecule has 15 heavy (non-hydrogen) atoms. The van der Waals surface area contributed by atoms with Crippen molar-refractivity contribution in [1.29, 1.82) is 0 Å². The van der Waals surface area contributed by atoms with Crippen LogP contribution in [-0.2, 0) is 6.42 Å². The standard InChI is InChI=1S/C10H13N5/c1-3-12-10-13-9(14-15(10)5-1)6-8-2-4-11-7-8/h1,3,5,8,11H,2,4,6-7H2. The largest absolute Gasteiger partial charge is 0.316 e. The number of hydrogen-bond acceptors (Lipinski definition) is 4. The van der Waals surface area contributed by atoms with E-state index < -0.39 is 0 Å². The first-order chi connectivity index (χ1) is 7.42. The first-order valence-electron chi connectivity index (χ1n) is 5.29. The third-order valence-electron chi connectivity index (χ3n) is 2.79. The maximum Gasteiger partial charge on any atom is 0.252 e. The number of hydrogen-bond donors (Lipinski definition) is 1. The Bertz CT molecular complexity index is 425. The highest BCUT2D eigenvalue weighted by atomic mass is 15.3. The molecular formula is C10H13N5. The van der Waals surface area contributed by atoms with E-state index in [1.54, 1.807) is 10.7 Å². The molecule has 1 unspecified atom stereocenters. The lowest BCUT2D eigenvalue weighted by atomic mass is 10.1. The van der Waals surface area contributed by atoms with Crippen molar-refractivity contribution < 1.29 is 0 Å². The average Bonchev–Trinajstić information content (AvgIpc) is 2.86. The average molecular weight is 203 g/mol. The van der Waals surface area contributed by atoms with Crippen LogP contribution in [0.15, 0.2) is 18.5 Å². The van der Waals surface area contributed by atoms with Crippen molar-refractivity contribution in [2.45, 2.75) is 12.8 Å². The maximum atomic E-state index is 4.39. The summed E-state index contributed by atoms with van der Waals surface area (Å²) in [7, 11) is 0. The second-order valence-electron chi connectivity index (χ2n) is 3.96. The molecule has 0 saturated carbocycles. The molecule has 5 nitrogen and oxygen atoms in total. The Labute approximate surface area is 87.5 Å². The van der Waals surface area contributed by atoms with Crippen LogP contribution < -0.4 is 5.32 Å². The summed E-state index contributed by atoms with van der Waals surface area (Å²) in [5.41, 5.74) is 0. The fourth-order valence-electron chi connectivity index (χ4n) is 2.01. The van der Waals surface area contributed by atoms with Gasteiger partial charge >= 0.3 is 0 Å². The van der Waals surface area contributed by atoms with E-state index in [2.05, 4.69) is 20.4 Å². The van der Waals surface area contributed by atoms with Crippen molar-refractivity contribution in [2.75, 3.05) is 13.1 Å². The van der Waals surface area contributed by atoms with Crippen molar-refractivity contribution in [2.24, 2.45) is 5.92 Å². The van der Waals surface area contributed by atoms with Crippen molar-refractivity contribution in [3.8, 4) is 0 Å². The Hall–Kier alpha value is -1.49. The minimum atomic E-state index is 0.683. The summed E-state index contributed by atoms with van der Waals surface area (Å²) >= 11 is 0. The van der Waals surface area contributed by atoms with Crippen molar-refractivity contribution >= 4 is 5.78 Å². The molecule has 1 fully saturated rings. The summed E-state index contributed by atoms with van der Waals surface area (Å²) in [6, 6.07) is 1.86. The third-order valence-corrected chi connectivity index (χ3v) is 2.79. The molecule has 0 spiro atoms. The van der Waals surface area contributed by atoms with Gasteiger partial charge in [0.25, 0.3) is 5.78 Å². The van der Waals surface area contributed by atoms with E-state index in [1.165, 1.54) is 6.42 Å². The zero-order valence-corrected chi connectivity index (χ0v) is 8.43. The summed E-state index contributed by atoms with van der Waals surface area (Å²) < 4.78 is 1.73. The van der Waals surface area contributed by atoms with E-state index in [4.69, 9.17) is 0 Å². The maximum absolute atomic E-state index is 4.39.